The predicted octanol–water partition coefficient (Wildman–Crippen LogP) is 4.22. The summed E-state index contributed by atoms with van der Waals surface area (Å²) < 4.78 is 0. The summed E-state index contributed by atoms with van der Waals surface area (Å²) in [6, 6.07) is 4.37. The molecule has 0 aliphatic heterocycles. The minimum atomic E-state index is 0.0152. The third-order valence-electron chi connectivity index (χ3n) is 4.21. The molecular weight excluding hydrogens is 226 g/mol. The van der Waals surface area contributed by atoms with Crippen LogP contribution in [0.4, 0.5) is 0 Å². The molecule has 1 aromatic heterocycles. The zero-order chi connectivity index (χ0) is 12.5. The maximum Gasteiger partial charge on any atom is 0.0236 e. The third kappa shape index (κ3) is 2.92. The Morgan fingerprint density at radius 3 is 2.76 bits per heavy atom. The number of rotatable bonds is 2. The van der Waals surface area contributed by atoms with Crippen LogP contribution in [0.2, 0.25) is 0 Å². The molecule has 17 heavy (non-hydrogen) atoms. The Balaban J connectivity index is 2.19. The van der Waals surface area contributed by atoms with E-state index < -0.39 is 0 Å². The van der Waals surface area contributed by atoms with Crippen molar-refractivity contribution in [2.45, 2.75) is 58.4 Å². The highest BCUT2D eigenvalue weighted by Gasteiger charge is 2.43. The van der Waals surface area contributed by atoms with E-state index in [0.717, 1.165) is 6.42 Å². The van der Waals surface area contributed by atoms with E-state index in [2.05, 4.69) is 38.3 Å². The van der Waals surface area contributed by atoms with Crippen LogP contribution in [0.5, 0.6) is 0 Å². The second kappa shape index (κ2) is 4.74. The molecule has 2 rings (SSSR count). The molecule has 0 radical (unpaired) electrons. The van der Waals surface area contributed by atoms with Gasteiger partial charge in [-0.3, -0.25) is 0 Å². The van der Waals surface area contributed by atoms with Gasteiger partial charge >= 0.3 is 0 Å². The van der Waals surface area contributed by atoms with Crippen molar-refractivity contribution in [3.8, 4) is 0 Å². The smallest absolute Gasteiger partial charge is 0.0236 e. The fourth-order valence-electron chi connectivity index (χ4n) is 3.51. The van der Waals surface area contributed by atoms with Gasteiger partial charge in [0.1, 0.15) is 0 Å². The van der Waals surface area contributed by atoms with Crippen LogP contribution >= 0.6 is 11.3 Å². The maximum atomic E-state index is 6.79. The van der Waals surface area contributed by atoms with E-state index in [9.17, 15) is 0 Å². The normalized spacial score (nSPS) is 30.5. The summed E-state index contributed by atoms with van der Waals surface area (Å²) in [5, 5.41) is 2.16. The first kappa shape index (κ1) is 13.1. The Morgan fingerprint density at radius 1 is 1.41 bits per heavy atom. The molecule has 2 atom stereocenters. The molecule has 1 aliphatic carbocycles. The summed E-state index contributed by atoms with van der Waals surface area (Å²) in [7, 11) is 0. The highest BCUT2D eigenvalue weighted by molar-refractivity contribution is 7.09. The average molecular weight is 251 g/mol. The third-order valence-corrected chi connectivity index (χ3v) is 5.08. The molecule has 2 N–H and O–H groups in total. The number of hydrogen-bond donors (Lipinski definition) is 1. The largest absolute Gasteiger partial charge is 0.325 e. The minimum Gasteiger partial charge on any atom is -0.325 e. The molecule has 1 saturated carbocycles. The molecule has 1 aromatic rings. The fourth-order valence-corrected chi connectivity index (χ4v) is 4.35. The lowest BCUT2D eigenvalue weighted by Crippen LogP contribution is -2.55. The molecule has 0 saturated heterocycles. The zero-order valence-electron chi connectivity index (χ0n) is 11.3. The molecule has 0 spiro atoms. The van der Waals surface area contributed by atoms with Crippen LogP contribution in [-0.2, 0) is 6.42 Å². The van der Waals surface area contributed by atoms with Gasteiger partial charge in [0, 0.05) is 16.8 Å². The average Bonchev–Trinajstić information content (AvgIpc) is 2.68. The predicted molar refractivity (Wildman–Crippen MR) is 76.4 cm³/mol. The van der Waals surface area contributed by atoms with Crippen molar-refractivity contribution in [2.75, 3.05) is 0 Å². The van der Waals surface area contributed by atoms with Crippen LogP contribution in [0.1, 0.15) is 51.3 Å². The molecular formula is C15H25NS. The molecule has 0 bridgehead atoms. The first-order valence-electron chi connectivity index (χ1n) is 6.73. The van der Waals surface area contributed by atoms with Crippen molar-refractivity contribution in [2.24, 2.45) is 17.1 Å². The van der Waals surface area contributed by atoms with E-state index in [4.69, 9.17) is 5.73 Å². The van der Waals surface area contributed by atoms with E-state index in [-0.39, 0.29) is 5.54 Å². The van der Waals surface area contributed by atoms with Crippen LogP contribution in [0.15, 0.2) is 17.5 Å². The van der Waals surface area contributed by atoms with Gasteiger partial charge in [-0.1, -0.05) is 39.7 Å². The van der Waals surface area contributed by atoms with Gasteiger partial charge in [0.05, 0.1) is 0 Å². The van der Waals surface area contributed by atoms with E-state index in [0.29, 0.717) is 11.3 Å². The van der Waals surface area contributed by atoms with Crippen LogP contribution < -0.4 is 5.73 Å². The van der Waals surface area contributed by atoms with Crippen molar-refractivity contribution in [1.82, 2.24) is 0 Å². The van der Waals surface area contributed by atoms with Gasteiger partial charge in [-0.15, -0.1) is 11.3 Å². The first-order valence-corrected chi connectivity index (χ1v) is 7.61. The Morgan fingerprint density at radius 2 is 2.18 bits per heavy atom. The van der Waals surface area contributed by atoms with Gasteiger partial charge in [0.25, 0.3) is 0 Å². The fraction of sp³-hybridized carbons (Fsp3) is 0.733. The molecule has 2 heteroatoms. The number of nitrogens with two attached hydrogens (primary N) is 1. The van der Waals surface area contributed by atoms with Gasteiger partial charge < -0.3 is 5.73 Å². The van der Waals surface area contributed by atoms with Gasteiger partial charge in [-0.05, 0) is 35.6 Å². The SMILES string of the molecule is CC(C)(C)C1CCCCC1(N)Cc1cccs1. The van der Waals surface area contributed by atoms with Crippen molar-refractivity contribution < 1.29 is 0 Å². The van der Waals surface area contributed by atoms with E-state index in [1.165, 1.54) is 30.6 Å². The number of thiophene rings is 1. The molecule has 0 aromatic carbocycles. The van der Waals surface area contributed by atoms with E-state index in [1.807, 2.05) is 11.3 Å². The van der Waals surface area contributed by atoms with E-state index >= 15 is 0 Å². The second-order valence-electron chi connectivity index (χ2n) is 6.65. The lowest BCUT2D eigenvalue weighted by atomic mass is 9.61. The standard InChI is InChI=1S/C15H25NS/c1-14(2,3)13-8-4-5-9-15(13,16)11-12-7-6-10-17-12/h6-7,10,13H,4-5,8-9,11,16H2,1-3H3. The summed E-state index contributed by atoms with van der Waals surface area (Å²) in [6.45, 7) is 7.04. The molecule has 1 heterocycles. The molecule has 96 valence electrons. The van der Waals surface area contributed by atoms with Crippen LogP contribution in [0.3, 0.4) is 0 Å². The minimum absolute atomic E-state index is 0.0152. The summed E-state index contributed by atoms with van der Waals surface area (Å²) in [4.78, 5) is 1.45. The van der Waals surface area contributed by atoms with Gasteiger partial charge in [-0.2, -0.15) is 0 Å². The molecule has 2 unspecified atom stereocenters. The second-order valence-corrected chi connectivity index (χ2v) is 7.69. The lowest BCUT2D eigenvalue weighted by Gasteiger charge is -2.48. The van der Waals surface area contributed by atoms with Crippen molar-refractivity contribution in [1.29, 1.82) is 0 Å². The number of hydrogen-bond acceptors (Lipinski definition) is 2. The highest BCUT2D eigenvalue weighted by Crippen LogP contribution is 2.44. The summed E-state index contributed by atoms with van der Waals surface area (Å²) in [5.41, 5.74) is 7.13. The maximum absolute atomic E-state index is 6.79. The lowest BCUT2D eigenvalue weighted by molar-refractivity contribution is 0.0798. The molecule has 1 nitrogen and oxygen atoms in total. The van der Waals surface area contributed by atoms with Crippen LogP contribution in [-0.4, -0.2) is 5.54 Å². The Hall–Kier alpha value is -0.340. The molecule has 1 aliphatic rings. The van der Waals surface area contributed by atoms with Gasteiger partial charge in [0.2, 0.25) is 0 Å². The Bertz CT molecular complexity index is 349. The topological polar surface area (TPSA) is 26.0 Å². The van der Waals surface area contributed by atoms with Crippen LogP contribution in [0.25, 0.3) is 0 Å². The van der Waals surface area contributed by atoms with Crippen molar-refractivity contribution in [3.05, 3.63) is 22.4 Å². The van der Waals surface area contributed by atoms with E-state index in [1.54, 1.807) is 0 Å². The summed E-state index contributed by atoms with van der Waals surface area (Å²) in [5.74, 6) is 0.644. The highest BCUT2D eigenvalue weighted by atomic mass is 32.1. The molecule has 0 amide bonds. The Labute approximate surface area is 109 Å². The first-order chi connectivity index (χ1) is 7.92. The molecule has 1 fully saturated rings. The monoisotopic (exact) mass is 251 g/mol. The summed E-state index contributed by atoms with van der Waals surface area (Å²) >= 11 is 1.85. The van der Waals surface area contributed by atoms with Gasteiger partial charge in [-0.25, -0.2) is 0 Å². The van der Waals surface area contributed by atoms with Crippen molar-refractivity contribution >= 4 is 11.3 Å². The Kier molecular flexibility index (Phi) is 3.65. The zero-order valence-corrected chi connectivity index (χ0v) is 12.1. The quantitative estimate of drug-likeness (QED) is 0.836. The van der Waals surface area contributed by atoms with Crippen LogP contribution in [0, 0.1) is 11.3 Å². The van der Waals surface area contributed by atoms with Gasteiger partial charge in [0.15, 0.2) is 0 Å². The van der Waals surface area contributed by atoms with Crippen molar-refractivity contribution in [3.63, 3.8) is 0 Å². The summed E-state index contributed by atoms with van der Waals surface area (Å²) in [6.07, 6.45) is 6.20.